The number of nitrogens with one attached hydrogen (secondary N) is 1. The lowest BCUT2D eigenvalue weighted by Gasteiger charge is -2.23. The number of rotatable bonds is 6. The molecule has 28 heavy (non-hydrogen) atoms. The number of sulfonamides is 1. The monoisotopic (exact) mass is 414 g/mol. The number of halogens is 1. The summed E-state index contributed by atoms with van der Waals surface area (Å²) in [4.78, 5) is 12.6. The summed E-state index contributed by atoms with van der Waals surface area (Å²) < 4.78 is 27.1. The van der Waals surface area contributed by atoms with E-state index in [4.69, 9.17) is 11.6 Å². The summed E-state index contributed by atoms with van der Waals surface area (Å²) >= 11 is 5.84. The van der Waals surface area contributed by atoms with Crippen molar-refractivity contribution in [1.82, 2.24) is 0 Å². The summed E-state index contributed by atoms with van der Waals surface area (Å²) in [6.45, 7) is 2.04. The third-order valence-electron chi connectivity index (χ3n) is 4.14. The number of nitrogens with zero attached hydrogens (tertiary/aromatic N) is 1. The molecular weight excluding hydrogens is 396 g/mol. The van der Waals surface area contributed by atoms with Crippen molar-refractivity contribution in [2.24, 2.45) is 0 Å². The highest BCUT2D eigenvalue weighted by Crippen LogP contribution is 2.24. The lowest BCUT2D eigenvalue weighted by atomic mass is 10.2. The second-order valence-corrected chi connectivity index (χ2v) is 8.29. The van der Waals surface area contributed by atoms with Crippen molar-refractivity contribution in [1.29, 1.82) is 0 Å². The SMILES string of the molecule is CCN(c1ccc(C(=O)Nc2ccc(Cl)cc2)cc1)S(=O)(=O)c1ccccc1. The van der Waals surface area contributed by atoms with Gasteiger partial charge in [-0.05, 0) is 67.6 Å². The lowest BCUT2D eigenvalue weighted by molar-refractivity contribution is 0.102. The van der Waals surface area contributed by atoms with Crippen molar-refractivity contribution >= 4 is 38.9 Å². The topological polar surface area (TPSA) is 66.5 Å². The molecule has 0 aliphatic heterocycles. The molecule has 0 heterocycles. The van der Waals surface area contributed by atoms with Gasteiger partial charge in [-0.1, -0.05) is 29.8 Å². The molecule has 144 valence electrons. The molecule has 5 nitrogen and oxygen atoms in total. The molecule has 0 bridgehead atoms. The van der Waals surface area contributed by atoms with Gasteiger partial charge in [0, 0.05) is 22.8 Å². The molecule has 0 spiro atoms. The van der Waals surface area contributed by atoms with Gasteiger partial charge in [-0.3, -0.25) is 9.10 Å². The van der Waals surface area contributed by atoms with Crippen molar-refractivity contribution in [3.05, 3.63) is 89.4 Å². The Labute approximate surface area is 169 Å². The van der Waals surface area contributed by atoms with Gasteiger partial charge in [0.05, 0.1) is 10.6 Å². The maximum absolute atomic E-state index is 12.9. The van der Waals surface area contributed by atoms with E-state index in [0.717, 1.165) is 0 Å². The van der Waals surface area contributed by atoms with Crippen LogP contribution in [0, 0.1) is 0 Å². The van der Waals surface area contributed by atoms with Gasteiger partial charge in [0.1, 0.15) is 0 Å². The number of hydrogen-bond donors (Lipinski definition) is 1. The van der Waals surface area contributed by atoms with Crippen LogP contribution in [-0.2, 0) is 10.0 Å². The summed E-state index contributed by atoms with van der Waals surface area (Å²) in [6.07, 6.45) is 0. The normalized spacial score (nSPS) is 11.1. The third kappa shape index (κ3) is 4.35. The Morgan fingerprint density at radius 1 is 0.929 bits per heavy atom. The molecule has 0 fully saturated rings. The van der Waals surface area contributed by atoms with E-state index in [2.05, 4.69) is 5.32 Å². The van der Waals surface area contributed by atoms with Gasteiger partial charge >= 0.3 is 0 Å². The van der Waals surface area contributed by atoms with E-state index in [1.165, 1.54) is 4.31 Å². The van der Waals surface area contributed by atoms with Crippen LogP contribution < -0.4 is 9.62 Å². The van der Waals surface area contributed by atoms with Gasteiger partial charge in [0.15, 0.2) is 0 Å². The summed E-state index contributed by atoms with van der Waals surface area (Å²) in [6, 6.07) is 21.5. The maximum Gasteiger partial charge on any atom is 0.264 e. The minimum absolute atomic E-state index is 0.224. The van der Waals surface area contributed by atoms with Crippen LogP contribution >= 0.6 is 11.6 Å². The molecule has 1 N–H and O–H groups in total. The van der Waals surface area contributed by atoms with Crippen LogP contribution in [0.15, 0.2) is 83.8 Å². The Bertz CT molecular complexity index is 1050. The Morgan fingerprint density at radius 2 is 1.54 bits per heavy atom. The number of carbonyl (C=O) groups is 1. The number of amides is 1. The quantitative estimate of drug-likeness (QED) is 0.629. The van der Waals surface area contributed by atoms with Crippen LogP contribution in [0.4, 0.5) is 11.4 Å². The Hall–Kier alpha value is -2.83. The Balaban J connectivity index is 1.80. The highest BCUT2D eigenvalue weighted by molar-refractivity contribution is 7.92. The number of hydrogen-bond acceptors (Lipinski definition) is 3. The van der Waals surface area contributed by atoms with Crippen LogP contribution in [0.5, 0.6) is 0 Å². The largest absolute Gasteiger partial charge is 0.322 e. The van der Waals surface area contributed by atoms with Crippen molar-refractivity contribution in [3.8, 4) is 0 Å². The Morgan fingerprint density at radius 3 is 2.11 bits per heavy atom. The maximum atomic E-state index is 12.9. The lowest BCUT2D eigenvalue weighted by Crippen LogP contribution is -2.30. The standard InChI is InChI=1S/C21H19ClN2O3S/c1-2-24(28(26,27)20-6-4-3-5-7-20)19-14-8-16(9-15-19)21(25)23-18-12-10-17(22)11-13-18/h3-15H,2H2,1H3,(H,23,25). The first kappa shape index (κ1) is 19.9. The van der Waals surface area contributed by atoms with Gasteiger partial charge in [-0.15, -0.1) is 0 Å². The second-order valence-electron chi connectivity index (χ2n) is 5.99. The molecule has 3 aromatic carbocycles. The summed E-state index contributed by atoms with van der Waals surface area (Å²) in [5.41, 5.74) is 1.54. The van der Waals surface area contributed by atoms with Crippen molar-refractivity contribution in [2.75, 3.05) is 16.2 Å². The van der Waals surface area contributed by atoms with Crippen LogP contribution in [0.3, 0.4) is 0 Å². The molecule has 0 aliphatic rings. The fourth-order valence-electron chi connectivity index (χ4n) is 2.73. The summed E-state index contributed by atoms with van der Waals surface area (Å²) in [7, 11) is -3.67. The van der Waals surface area contributed by atoms with E-state index in [-0.39, 0.29) is 17.3 Å². The van der Waals surface area contributed by atoms with E-state index in [9.17, 15) is 13.2 Å². The molecular formula is C21H19ClN2O3S. The Kier molecular flexibility index (Phi) is 6.02. The second kappa shape index (κ2) is 8.46. The van der Waals surface area contributed by atoms with Gasteiger partial charge in [-0.2, -0.15) is 0 Å². The first-order valence-corrected chi connectivity index (χ1v) is 10.5. The molecule has 0 aliphatic carbocycles. The molecule has 3 aromatic rings. The van der Waals surface area contributed by atoms with Crippen LogP contribution in [0.1, 0.15) is 17.3 Å². The van der Waals surface area contributed by atoms with Gasteiger partial charge in [-0.25, -0.2) is 8.42 Å². The first-order chi connectivity index (χ1) is 13.4. The molecule has 0 aromatic heterocycles. The predicted octanol–water partition coefficient (Wildman–Crippen LogP) is 4.81. The van der Waals surface area contributed by atoms with E-state index >= 15 is 0 Å². The third-order valence-corrected chi connectivity index (χ3v) is 6.31. The number of carbonyl (C=O) groups excluding carboxylic acids is 1. The van der Waals surface area contributed by atoms with Gasteiger partial charge in [0.25, 0.3) is 15.9 Å². The smallest absolute Gasteiger partial charge is 0.264 e. The first-order valence-electron chi connectivity index (χ1n) is 8.66. The molecule has 7 heteroatoms. The van der Waals surface area contributed by atoms with Crippen LogP contribution in [0.2, 0.25) is 5.02 Å². The molecule has 0 saturated carbocycles. The summed E-state index contributed by atoms with van der Waals surface area (Å²) in [5.74, 6) is -0.289. The average molecular weight is 415 g/mol. The molecule has 3 rings (SSSR count). The van der Waals surface area contributed by atoms with Crippen molar-refractivity contribution in [3.63, 3.8) is 0 Å². The van der Waals surface area contributed by atoms with Crippen molar-refractivity contribution < 1.29 is 13.2 Å². The zero-order valence-corrected chi connectivity index (χ0v) is 16.7. The minimum Gasteiger partial charge on any atom is -0.322 e. The minimum atomic E-state index is -3.67. The number of benzene rings is 3. The molecule has 1 amide bonds. The molecule has 0 saturated heterocycles. The molecule has 0 unspecified atom stereocenters. The van der Waals surface area contributed by atoms with Crippen LogP contribution in [-0.4, -0.2) is 20.9 Å². The highest BCUT2D eigenvalue weighted by atomic mass is 35.5. The molecule has 0 radical (unpaired) electrons. The van der Waals surface area contributed by atoms with E-state index in [1.807, 2.05) is 0 Å². The van der Waals surface area contributed by atoms with E-state index in [1.54, 1.807) is 85.8 Å². The average Bonchev–Trinajstić information content (AvgIpc) is 2.71. The van der Waals surface area contributed by atoms with E-state index in [0.29, 0.717) is 22.0 Å². The van der Waals surface area contributed by atoms with Crippen LogP contribution in [0.25, 0.3) is 0 Å². The zero-order valence-electron chi connectivity index (χ0n) is 15.2. The fraction of sp³-hybridized carbons (Fsp3) is 0.0952. The van der Waals surface area contributed by atoms with Gasteiger partial charge in [0.2, 0.25) is 0 Å². The van der Waals surface area contributed by atoms with E-state index < -0.39 is 10.0 Å². The highest BCUT2D eigenvalue weighted by Gasteiger charge is 2.23. The number of anilines is 2. The predicted molar refractivity (Wildman–Crippen MR) is 112 cm³/mol. The fourth-order valence-corrected chi connectivity index (χ4v) is 4.35. The molecule has 0 atom stereocenters. The zero-order chi connectivity index (χ0) is 20.1. The van der Waals surface area contributed by atoms with Crippen molar-refractivity contribution in [2.45, 2.75) is 11.8 Å². The van der Waals surface area contributed by atoms with Gasteiger partial charge < -0.3 is 5.32 Å². The summed E-state index contributed by atoms with van der Waals surface area (Å²) in [5, 5.41) is 3.36.